The topological polar surface area (TPSA) is 140 Å². The second kappa shape index (κ2) is 11.5. The summed E-state index contributed by atoms with van der Waals surface area (Å²) < 4.78 is 13.0. The van der Waals surface area contributed by atoms with E-state index in [0.717, 1.165) is 61.2 Å². The number of nitrogens with zero attached hydrogens (tertiary/aromatic N) is 7. The van der Waals surface area contributed by atoms with E-state index in [0.29, 0.717) is 30.3 Å². The summed E-state index contributed by atoms with van der Waals surface area (Å²) in [5, 5.41) is 11.3. The molecule has 0 saturated carbocycles. The number of nitrogens with one attached hydrogen (secondary N) is 2. The van der Waals surface area contributed by atoms with Crippen molar-refractivity contribution in [1.82, 2.24) is 29.6 Å². The molecule has 3 aliphatic rings. The SMILES string of the molecule is COC(=O)N1CCC(n2ncc3c(N4C[C@H]5CC[C@@H](C4)O5)nc(-c4ccc(NC(=O)Nc5cccnc5)cc4)nc32)CC1. The number of piperidine rings is 1. The highest BCUT2D eigenvalue weighted by molar-refractivity contribution is 5.99. The first-order chi connectivity index (χ1) is 21.0. The fraction of sp³-hybridized carbons (Fsp3) is 0.400. The molecule has 0 spiro atoms. The van der Waals surface area contributed by atoms with E-state index >= 15 is 0 Å². The van der Waals surface area contributed by atoms with Gasteiger partial charge in [-0.2, -0.15) is 5.10 Å². The van der Waals surface area contributed by atoms with Crippen molar-refractivity contribution in [2.24, 2.45) is 0 Å². The first kappa shape index (κ1) is 27.1. The number of likely N-dealkylation sites (tertiary alicyclic amines) is 1. The summed E-state index contributed by atoms with van der Waals surface area (Å²) in [6.07, 6.45) is 8.83. The largest absolute Gasteiger partial charge is 0.453 e. The van der Waals surface area contributed by atoms with Crippen molar-refractivity contribution in [3.63, 3.8) is 0 Å². The Morgan fingerprint density at radius 2 is 1.67 bits per heavy atom. The summed E-state index contributed by atoms with van der Waals surface area (Å²) >= 11 is 0. The van der Waals surface area contributed by atoms with Crippen molar-refractivity contribution in [2.75, 3.05) is 48.8 Å². The van der Waals surface area contributed by atoms with Gasteiger partial charge in [-0.25, -0.2) is 24.2 Å². The Hall–Kier alpha value is -4.78. The van der Waals surface area contributed by atoms with Crippen LogP contribution in [0.15, 0.2) is 55.0 Å². The Morgan fingerprint density at radius 1 is 0.930 bits per heavy atom. The zero-order chi connectivity index (χ0) is 29.3. The number of morpholine rings is 1. The number of amides is 3. The predicted octanol–water partition coefficient (Wildman–Crippen LogP) is 4.30. The quantitative estimate of drug-likeness (QED) is 0.352. The smallest absolute Gasteiger partial charge is 0.409 e. The highest BCUT2D eigenvalue weighted by atomic mass is 16.5. The van der Waals surface area contributed by atoms with Crippen LogP contribution in [0.1, 0.15) is 31.7 Å². The Labute approximate surface area is 248 Å². The van der Waals surface area contributed by atoms with Gasteiger partial charge >= 0.3 is 12.1 Å². The maximum Gasteiger partial charge on any atom is 0.409 e. The van der Waals surface area contributed by atoms with E-state index in [4.69, 9.17) is 24.5 Å². The summed E-state index contributed by atoms with van der Waals surface area (Å²) in [7, 11) is 1.41. The number of carbonyl (C=O) groups is 2. The van der Waals surface area contributed by atoms with Crippen LogP contribution in [0.3, 0.4) is 0 Å². The molecule has 1 aromatic carbocycles. The summed E-state index contributed by atoms with van der Waals surface area (Å²) in [5.74, 6) is 1.44. The van der Waals surface area contributed by atoms with Crippen molar-refractivity contribution >= 4 is 40.4 Å². The molecule has 13 nitrogen and oxygen atoms in total. The second-order valence-corrected chi connectivity index (χ2v) is 11.1. The maximum absolute atomic E-state index is 12.5. The number of anilines is 3. The molecule has 0 aliphatic carbocycles. The van der Waals surface area contributed by atoms with E-state index in [2.05, 4.69) is 20.5 Å². The van der Waals surface area contributed by atoms with Gasteiger partial charge in [-0.1, -0.05) is 0 Å². The minimum Gasteiger partial charge on any atom is -0.453 e. The van der Waals surface area contributed by atoms with E-state index in [-0.39, 0.29) is 30.4 Å². The van der Waals surface area contributed by atoms with Gasteiger partial charge in [0.25, 0.3) is 0 Å². The van der Waals surface area contributed by atoms with Gasteiger partial charge in [0.1, 0.15) is 5.82 Å². The van der Waals surface area contributed by atoms with Crippen molar-refractivity contribution in [3.05, 3.63) is 55.0 Å². The summed E-state index contributed by atoms with van der Waals surface area (Å²) in [6.45, 7) is 2.75. The number of rotatable bonds is 5. The third-order valence-corrected chi connectivity index (χ3v) is 8.34. The molecule has 0 unspecified atom stereocenters. The molecule has 3 aliphatic heterocycles. The number of hydrogen-bond acceptors (Lipinski definition) is 9. The van der Waals surface area contributed by atoms with Crippen LogP contribution in [-0.4, -0.2) is 87.3 Å². The Balaban J connectivity index is 1.18. The lowest BCUT2D eigenvalue weighted by atomic mass is 10.1. The number of benzene rings is 1. The number of methoxy groups -OCH3 is 1. The molecule has 3 saturated heterocycles. The lowest BCUT2D eigenvalue weighted by molar-refractivity contribution is 0.0303. The van der Waals surface area contributed by atoms with Crippen molar-refractivity contribution < 1.29 is 19.1 Å². The van der Waals surface area contributed by atoms with Crippen LogP contribution in [0.5, 0.6) is 0 Å². The molecule has 3 fully saturated rings. The number of fused-ring (bicyclic) bond motifs is 3. The summed E-state index contributed by atoms with van der Waals surface area (Å²) in [5.41, 5.74) is 2.84. The predicted molar refractivity (Wildman–Crippen MR) is 160 cm³/mol. The first-order valence-electron chi connectivity index (χ1n) is 14.6. The van der Waals surface area contributed by atoms with Crippen molar-refractivity contribution in [2.45, 2.75) is 43.9 Å². The molecular formula is C30H33N9O4. The molecule has 6 heterocycles. The van der Waals surface area contributed by atoms with Crippen LogP contribution < -0.4 is 15.5 Å². The zero-order valence-corrected chi connectivity index (χ0v) is 23.8. The highest BCUT2D eigenvalue weighted by Gasteiger charge is 2.36. The van der Waals surface area contributed by atoms with Crippen LogP contribution >= 0.6 is 0 Å². The molecule has 3 amide bonds. The van der Waals surface area contributed by atoms with Crippen LogP contribution in [0.2, 0.25) is 0 Å². The summed E-state index contributed by atoms with van der Waals surface area (Å²) in [4.78, 5) is 42.6. The third kappa shape index (κ3) is 5.55. The molecule has 43 heavy (non-hydrogen) atoms. The Morgan fingerprint density at radius 3 is 2.37 bits per heavy atom. The fourth-order valence-electron chi connectivity index (χ4n) is 6.19. The molecule has 222 valence electrons. The number of ether oxygens (including phenoxy) is 2. The molecular weight excluding hydrogens is 550 g/mol. The normalized spacial score (nSPS) is 20.3. The molecule has 2 bridgehead atoms. The third-order valence-electron chi connectivity index (χ3n) is 8.34. The molecule has 3 aromatic heterocycles. The number of carbonyl (C=O) groups excluding carboxylic acids is 2. The van der Waals surface area contributed by atoms with Crippen molar-refractivity contribution in [3.8, 4) is 11.4 Å². The highest BCUT2D eigenvalue weighted by Crippen LogP contribution is 2.35. The standard InChI is InChI=1S/C30H33N9O4/c1-42-30(41)37-13-10-22(11-14-37)39-28-25(16-32-39)27(38-17-23-8-9-24(18-38)43-23)35-26(36-28)19-4-6-20(7-5-19)33-29(40)34-21-3-2-12-31-15-21/h2-7,12,15-16,22-24H,8-11,13-14,17-18H2,1H3,(H2,33,34,40)/t23-,24+. The van der Waals surface area contributed by atoms with Crippen molar-refractivity contribution in [1.29, 1.82) is 0 Å². The fourth-order valence-corrected chi connectivity index (χ4v) is 6.19. The van der Waals surface area contributed by atoms with Gasteiger partial charge in [0.2, 0.25) is 0 Å². The van der Waals surface area contributed by atoms with Gasteiger partial charge < -0.3 is 29.9 Å². The lowest BCUT2D eigenvalue weighted by Gasteiger charge is -2.33. The summed E-state index contributed by atoms with van der Waals surface area (Å²) in [6, 6.07) is 10.7. The van der Waals surface area contributed by atoms with Gasteiger partial charge in [0.15, 0.2) is 11.5 Å². The number of urea groups is 1. The second-order valence-electron chi connectivity index (χ2n) is 11.1. The molecule has 2 atom stereocenters. The van der Waals surface area contributed by atoms with E-state index in [9.17, 15) is 9.59 Å². The van der Waals surface area contributed by atoms with Gasteiger partial charge in [-0.05, 0) is 62.1 Å². The molecule has 4 aromatic rings. The number of aromatic nitrogens is 5. The van der Waals surface area contributed by atoms with E-state index in [1.54, 1.807) is 29.4 Å². The lowest BCUT2D eigenvalue weighted by Crippen LogP contribution is -2.43. The van der Waals surface area contributed by atoms with Gasteiger partial charge in [0, 0.05) is 43.6 Å². The van der Waals surface area contributed by atoms with Gasteiger partial charge in [-0.3, -0.25) is 4.98 Å². The monoisotopic (exact) mass is 583 g/mol. The zero-order valence-electron chi connectivity index (χ0n) is 23.8. The molecule has 13 heteroatoms. The van der Waals surface area contributed by atoms with Crippen LogP contribution in [-0.2, 0) is 9.47 Å². The molecule has 2 N–H and O–H groups in total. The van der Waals surface area contributed by atoms with Crippen LogP contribution in [0, 0.1) is 0 Å². The van der Waals surface area contributed by atoms with Crippen LogP contribution in [0.25, 0.3) is 22.4 Å². The average Bonchev–Trinajstić information content (AvgIpc) is 3.63. The number of pyridine rings is 1. The molecule has 7 rings (SSSR count). The molecule has 0 radical (unpaired) electrons. The van der Waals surface area contributed by atoms with E-state index in [1.165, 1.54) is 7.11 Å². The average molecular weight is 584 g/mol. The maximum atomic E-state index is 12.5. The van der Waals surface area contributed by atoms with E-state index < -0.39 is 0 Å². The Kier molecular flexibility index (Phi) is 7.23. The minimum absolute atomic E-state index is 0.0970. The van der Waals surface area contributed by atoms with Crippen LogP contribution in [0.4, 0.5) is 26.8 Å². The minimum atomic E-state index is -0.357. The van der Waals surface area contributed by atoms with Gasteiger partial charge in [-0.15, -0.1) is 0 Å². The Bertz CT molecular complexity index is 1610. The van der Waals surface area contributed by atoms with E-state index in [1.807, 2.05) is 35.1 Å². The first-order valence-corrected chi connectivity index (χ1v) is 14.6. The van der Waals surface area contributed by atoms with Gasteiger partial charge in [0.05, 0.1) is 48.8 Å². The number of hydrogen-bond donors (Lipinski definition) is 2.